The first-order valence-corrected chi connectivity index (χ1v) is 6.81. The van der Waals surface area contributed by atoms with Crippen LogP contribution in [0.2, 0.25) is 0 Å². The second-order valence-electron chi connectivity index (χ2n) is 6.04. The third-order valence-electron chi connectivity index (χ3n) is 4.52. The fourth-order valence-electron chi connectivity index (χ4n) is 2.35. The summed E-state index contributed by atoms with van der Waals surface area (Å²) >= 11 is 0. The molecule has 5 heteroatoms. The molecule has 2 heterocycles. The third-order valence-corrected chi connectivity index (χ3v) is 4.52. The van der Waals surface area contributed by atoms with E-state index in [1.165, 1.54) is 12.8 Å². The highest BCUT2D eigenvalue weighted by Gasteiger charge is 2.45. The molecule has 1 aliphatic carbocycles. The van der Waals surface area contributed by atoms with Gasteiger partial charge in [0.05, 0.1) is 12.1 Å². The molecule has 2 unspecified atom stereocenters. The van der Waals surface area contributed by atoms with Crippen molar-refractivity contribution < 1.29 is 4.52 Å². The zero-order valence-electron chi connectivity index (χ0n) is 11.9. The second kappa shape index (κ2) is 4.18. The van der Waals surface area contributed by atoms with Gasteiger partial charge in [-0.25, -0.2) is 0 Å². The Balaban J connectivity index is 1.81. The van der Waals surface area contributed by atoms with Gasteiger partial charge in [-0.05, 0) is 25.2 Å². The number of aryl methyl sites for hydroxylation is 1. The molecule has 2 aromatic heterocycles. The molecule has 2 aromatic rings. The van der Waals surface area contributed by atoms with Crippen molar-refractivity contribution in [2.45, 2.75) is 45.4 Å². The topological polar surface area (TPSA) is 56.7 Å². The predicted molar refractivity (Wildman–Crippen MR) is 70.8 cm³/mol. The van der Waals surface area contributed by atoms with Gasteiger partial charge in [-0.3, -0.25) is 4.68 Å². The highest BCUT2D eigenvalue weighted by molar-refractivity contribution is 5.18. The fraction of sp³-hybridized carbons (Fsp3) is 0.643. The second-order valence-corrected chi connectivity index (χ2v) is 6.04. The largest absolute Gasteiger partial charge is 0.339 e. The quantitative estimate of drug-likeness (QED) is 0.848. The van der Waals surface area contributed by atoms with E-state index in [-0.39, 0.29) is 5.92 Å². The van der Waals surface area contributed by atoms with Crippen molar-refractivity contribution in [3.05, 3.63) is 29.7 Å². The molecular weight excluding hydrogens is 240 g/mol. The maximum Gasteiger partial charge on any atom is 0.234 e. The van der Waals surface area contributed by atoms with Gasteiger partial charge >= 0.3 is 0 Å². The highest BCUT2D eigenvalue weighted by Crippen LogP contribution is 2.54. The Morgan fingerprint density at radius 1 is 1.37 bits per heavy atom. The minimum atomic E-state index is 0.0918. The molecule has 2 atom stereocenters. The van der Waals surface area contributed by atoms with Crippen LogP contribution in [0.3, 0.4) is 0 Å². The third kappa shape index (κ3) is 2.17. The van der Waals surface area contributed by atoms with Crippen LogP contribution in [0.1, 0.15) is 62.7 Å². The number of hydrogen-bond acceptors (Lipinski definition) is 4. The average Bonchev–Trinajstić information content (AvgIpc) is 2.85. The van der Waals surface area contributed by atoms with Crippen LogP contribution >= 0.6 is 0 Å². The van der Waals surface area contributed by atoms with Gasteiger partial charge in [0.1, 0.15) is 0 Å². The lowest BCUT2D eigenvalue weighted by Crippen LogP contribution is -2.08. The highest BCUT2D eigenvalue weighted by atomic mass is 16.5. The van der Waals surface area contributed by atoms with Crippen molar-refractivity contribution >= 4 is 0 Å². The Hall–Kier alpha value is -1.65. The molecule has 0 saturated heterocycles. The zero-order valence-corrected chi connectivity index (χ0v) is 11.9. The van der Waals surface area contributed by atoms with E-state index in [9.17, 15) is 0 Å². The van der Waals surface area contributed by atoms with Crippen LogP contribution < -0.4 is 0 Å². The van der Waals surface area contributed by atoms with Gasteiger partial charge < -0.3 is 4.52 Å². The minimum Gasteiger partial charge on any atom is -0.339 e. The van der Waals surface area contributed by atoms with E-state index in [2.05, 4.69) is 36.0 Å². The lowest BCUT2D eigenvalue weighted by atomic mass is 9.92. The van der Waals surface area contributed by atoms with Crippen LogP contribution in [0.5, 0.6) is 0 Å². The Kier molecular flexibility index (Phi) is 2.73. The molecule has 0 radical (unpaired) electrons. The molecule has 0 N–H and O–H groups in total. The maximum absolute atomic E-state index is 5.44. The van der Waals surface area contributed by atoms with E-state index in [4.69, 9.17) is 4.52 Å². The molecule has 19 heavy (non-hydrogen) atoms. The molecule has 0 spiro atoms. The van der Waals surface area contributed by atoms with Crippen molar-refractivity contribution in [2.24, 2.45) is 12.5 Å². The SMILES string of the molecule is CC(c1cnn(C)c1)c1nc(C(C)C2(C)CC2)no1. The van der Waals surface area contributed by atoms with Crippen molar-refractivity contribution in [3.8, 4) is 0 Å². The van der Waals surface area contributed by atoms with Crippen molar-refractivity contribution in [1.29, 1.82) is 0 Å². The molecule has 0 aliphatic heterocycles. The summed E-state index contributed by atoms with van der Waals surface area (Å²) in [5.41, 5.74) is 1.47. The molecule has 1 fully saturated rings. The van der Waals surface area contributed by atoms with Crippen molar-refractivity contribution in [1.82, 2.24) is 19.9 Å². The van der Waals surface area contributed by atoms with Crippen LogP contribution in [0, 0.1) is 5.41 Å². The first-order chi connectivity index (χ1) is 8.99. The molecule has 5 nitrogen and oxygen atoms in total. The molecular formula is C14H20N4O. The number of hydrogen-bond donors (Lipinski definition) is 0. The van der Waals surface area contributed by atoms with Gasteiger partial charge in [0, 0.05) is 24.7 Å². The van der Waals surface area contributed by atoms with Gasteiger partial charge in [0.15, 0.2) is 5.82 Å². The summed E-state index contributed by atoms with van der Waals surface area (Å²) in [6.45, 7) is 6.55. The van der Waals surface area contributed by atoms with Gasteiger partial charge in [-0.15, -0.1) is 0 Å². The molecule has 1 saturated carbocycles. The first-order valence-electron chi connectivity index (χ1n) is 6.81. The zero-order chi connectivity index (χ0) is 13.6. The van der Waals surface area contributed by atoms with Crippen LogP contribution in [-0.2, 0) is 7.05 Å². The molecule has 0 amide bonds. The van der Waals surface area contributed by atoms with Crippen molar-refractivity contribution in [3.63, 3.8) is 0 Å². The lowest BCUT2D eigenvalue weighted by Gasteiger charge is -2.13. The Morgan fingerprint density at radius 2 is 2.11 bits per heavy atom. The lowest BCUT2D eigenvalue weighted by molar-refractivity contribution is 0.353. The van der Waals surface area contributed by atoms with Gasteiger partial charge in [-0.2, -0.15) is 10.1 Å². The van der Waals surface area contributed by atoms with Crippen LogP contribution in [0.4, 0.5) is 0 Å². The number of rotatable bonds is 4. The summed E-state index contributed by atoms with van der Waals surface area (Å²) in [6, 6.07) is 0. The number of aromatic nitrogens is 4. The Bertz CT molecular complexity index is 582. The van der Waals surface area contributed by atoms with E-state index < -0.39 is 0 Å². The van der Waals surface area contributed by atoms with Crippen molar-refractivity contribution in [2.75, 3.05) is 0 Å². The van der Waals surface area contributed by atoms with E-state index in [0.29, 0.717) is 17.2 Å². The van der Waals surface area contributed by atoms with E-state index in [1.807, 2.05) is 19.4 Å². The average molecular weight is 260 g/mol. The summed E-state index contributed by atoms with van der Waals surface area (Å²) in [4.78, 5) is 4.59. The van der Waals surface area contributed by atoms with E-state index in [0.717, 1.165) is 11.4 Å². The molecule has 1 aliphatic rings. The van der Waals surface area contributed by atoms with E-state index in [1.54, 1.807) is 4.68 Å². The summed E-state index contributed by atoms with van der Waals surface area (Å²) in [5, 5.41) is 8.34. The Labute approximate surface area is 113 Å². The summed E-state index contributed by atoms with van der Waals surface area (Å²) in [7, 11) is 1.91. The maximum atomic E-state index is 5.44. The van der Waals surface area contributed by atoms with Gasteiger partial charge in [-0.1, -0.05) is 19.0 Å². The van der Waals surface area contributed by atoms with E-state index >= 15 is 0 Å². The smallest absolute Gasteiger partial charge is 0.234 e. The first kappa shape index (κ1) is 12.4. The fourth-order valence-corrected chi connectivity index (χ4v) is 2.35. The van der Waals surface area contributed by atoms with Crippen LogP contribution in [0.25, 0.3) is 0 Å². The molecule has 0 bridgehead atoms. The summed E-state index contributed by atoms with van der Waals surface area (Å²) in [6.07, 6.45) is 6.35. The summed E-state index contributed by atoms with van der Waals surface area (Å²) in [5.74, 6) is 1.98. The minimum absolute atomic E-state index is 0.0918. The predicted octanol–water partition coefficient (Wildman–Crippen LogP) is 2.86. The monoisotopic (exact) mass is 260 g/mol. The Morgan fingerprint density at radius 3 is 2.68 bits per heavy atom. The van der Waals surface area contributed by atoms with Crippen LogP contribution in [-0.4, -0.2) is 19.9 Å². The van der Waals surface area contributed by atoms with Crippen LogP contribution in [0.15, 0.2) is 16.9 Å². The normalized spacial score (nSPS) is 20.2. The van der Waals surface area contributed by atoms with Gasteiger partial charge in [0.25, 0.3) is 0 Å². The molecule has 3 rings (SSSR count). The molecule has 102 valence electrons. The standard InChI is InChI=1S/C14H20N4O/c1-9(11-7-15-18(4)8-11)13-16-12(17-19-13)10(2)14(3)5-6-14/h7-10H,5-6H2,1-4H3. The molecule has 0 aromatic carbocycles. The summed E-state index contributed by atoms with van der Waals surface area (Å²) < 4.78 is 7.22. The number of nitrogens with zero attached hydrogens (tertiary/aromatic N) is 4. The van der Waals surface area contributed by atoms with Gasteiger partial charge in [0.2, 0.25) is 5.89 Å².